The first-order valence-electron chi connectivity index (χ1n) is 5.97. The quantitative estimate of drug-likeness (QED) is 0.242. The first-order chi connectivity index (χ1) is 8.81. The van der Waals surface area contributed by atoms with Gasteiger partial charge in [0.05, 0.1) is 6.61 Å². The van der Waals surface area contributed by atoms with Crippen molar-refractivity contribution in [1.29, 1.82) is 0 Å². The zero-order valence-electron chi connectivity index (χ0n) is 10.8. The van der Waals surface area contributed by atoms with Crippen molar-refractivity contribution in [2.45, 2.75) is 43.7 Å². The molecule has 0 rings (SSSR count). The number of hydrogen-bond acceptors (Lipinski definition) is 7. The largest absolute Gasteiger partial charge is 0.394 e. The molecule has 0 fully saturated rings. The SMILES string of the molecule is CS(=O)CCCCC(=S)[C@H](O)[C@@H](O)[C@H](O)[C@H](O)CO. The Hall–Kier alpha value is 0.0400. The van der Waals surface area contributed by atoms with Crippen LogP contribution in [0.4, 0.5) is 0 Å². The predicted molar refractivity (Wildman–Crippen MR) is 76.5 cm³/mol. The Bertz CT molecular complexity index is 299. The van der Waals surface area contributed by atoms with Crippen molar-refractivity contribution in [3.63, 3.8) is 0 Å². The van der Waals surface area contributed by atoms with Crippen LogP contribution >= 0.6 is 12.2 Å². The Morgan fingerprint density at radius 3 is 2.21 bits per heavy atom. The molecule has 0 saturated heterocycles. The molecule has 6 nitrogen and oxygen atoms in total. The number of unbranched alkanes of at least 4 members (excludes halogenated alkanes) is 1. The molecule has 114 valence electrons. The molecule has 0 aliphatic rings. The molecule has 0 spiro atoms. The molecule has 0 saturated carbocycles. The average molecular weight is 314 g/mol. The van der Waals surface area contributed by atoms with E-state index >= 15 is 0 Å². The minimum atomic E-state index is -1.67. The molecule has 8 heteroatoms. The molecule has 19 heavy (non-hydrogen) atoms. The molecule has 5 atom stereocenters. The summed E-state index contributed by atoms with van der Waals surface area (Å²) in [6, 6.07) is 0. The Morgan fingerprint density at radius 1 is 1.16 bits per heavy atom. The van der Waals surface area contributed by atoms with E-state index in [2.05, 4.69) is 0 Å². The van der Waals surface area contributed by atoms with Crippen molar-refractivity contribution in [2.24, 2.45) is 0 Å². The fraction of sp³-hybridized carbons (Fsp3) is 0.909. The van der Waals surface area contributed by atoms with Crippen LogP contribution in [0.2, 0.25) is 0 Å². The van der Waals surface area contributed by atoms with Crippen molar-refractivity contribution in [2.75, 3.05) is 18.6 Å². The zero-order chi connectivity index (χ0) is 15.0. The second-order valence-electron chi connectivity index (χ2n) is 4.38. The van der Waals surface area contributed by atoms with Crippen LogP contribution in [0.15, 0.2) is 0 Å². The van der Waals surface area contributed by atoms with E-state index in [0.29, 0.717) is 25.0 Å². The summed E-state index contributed by atoms with van der Waals surface area (Å²) in [4.78, 5) is 0.165. The predicted octanol–water partition coefficient (Wildman–Crippen LogP) is -1.66. The number of aliphatic hydroxyl groups excluding tert-OH is 5. The summed E-state index contributed by atoms with van der Waals surface area (Å²) in [6.45, 7) is -0.722. The summed E-state index contributed by atoms with van der Waals surface area (Å²) < 4.78 is 10.8. The Labute approximate surface area is 120 Å². The molecule has 0 amide bonds. The van der Waals surface area contributed by atoms with Crippen LogP contribution in [-0.2, 0) is 10.8 Å². The Balaban J connectivity index is 4.13. The van der Waals surface area contributed by atoms with Crippen molar-refractivity contribution in [3.8, 4) is 0 Å². The summed E-state index contributed by atoms with van der Waals surface area (Å²) in [6.07, 6.45) is -3.02. The molecule has 0 aromatic carbocycles. The zero-order valence-corrected chi connectivity index (χ0v) is 12.4. The number of rotatable bonds is 10. The lowest BCUT2D eigenvalue weighted by atomic mass is 9.99. The van der Waals surface area contributed by atoms with Crippen LogP contribution in [0.25, 0.3) is 0 Å². The van der Waals surface area contributed by atoms with Crippen molar-refractivity contribution >= 4 is 27.9 Å². The van der Waals surface area contributed by atoms with Gasteiger partial charge in [0.25, 0.3) is 0 Å². The highest BCUT2D eigenvalue weighted by atomic mass is 32.2. The van der Waals surface area contributed by atoms with Gasteiger partial charge in [-0.2, -0.15) is 0 Å². The van der Waals surface area contributed by atoms with E-state index in [9.17, 15) is 19.5 Å². The van der Waals surface area contributed by atoms with E-state index in [1.54, 1.807) is 6.26 Å². The van der Waals surface area contributed by atoms with Crippen LogP contribution in [-0.4, -0.2) is 77.6 Å². The molecular formula is C11H22O6S2. The second kappa shape index (κ2) is 9.87. The first-order valence-corrected chi connectivity index (χ1v) is 8.10. The van der Waals surface area contributed by atoms with Gasteiger partial charge in [-0.3, -0.25) is 4.21 Å². The fourth-order valence-corrected chi connectivity index (χ4v) is 2.36. The number of thiocarbonyl (C=S) groups is 1. The second-order valence-corrected chi connectivity index (χ2v) is 6.46. The third-order valence-electron chi connectivity index (χ3n) is 2.69. The lowest BCUT2D eigenvalue weighted by Gasteiger charge is -2.26. The van der Waals surface area contributed by atoms with Gasteiger partial charge >= 0.3 is 0 Å². The van der Waals surface area contributed by atoms with Gasteiger partial charge in [0, 0.05) is 27.7 Å². The summed E-state index contributed by atoms with van der Waals surface area (Å²) in [7, 11) is -0.871. The van der Waals surface area contributed by atoms with Gasteiger partial charge in [0.2, 0.25) is 0 Å². The number of hydrogen-bond donors (Lipinski definition) is 5. The van der Waals surface area contributed by atoms with Crippen molar-refractivity contribution in [3.05, 3.63) is 0 Å². The lowest BCUT2D eigenvalue weighted by Crippen LogP contribution is -2.48. The third-order valence-corrected chi connectivity index (χ3v) is 4.00. The molecule has 0 radical (unpaired) electrons. The normalized spacial score (nSPS) is 19.5. The number of aliphatic hydroxyl groups is 5. The minimum absolute atomic E-state index is 0.165. The topological polar surface area (TPSA) is 118 Å². The van der Waals surface area contributed by atoms with E-state index in [0.717, 1.165) is 0 Å². The molecule has 0 aliphatic carbocycles. The smallest absolute Gasteiger partial charge is 0.114 e. The van der Waals surface area contributed by atoms with Gasteiger partial charge in [-0.15, -0.1) is 0 Å². The van der Waals surface area contributed by atoms with E-state index < -0.39 is 41.8 Å². The highest BCUT2D eigenvalue weighted by Crippen LogP contribution is 2.11. The van der Waals surface area contributed by atoms with E-state index in [1.807, 2.05) is 0 Å². The molecule has 0 heterocycles. The fourth-order valence-electron chi connectivity index (χ4n) is 1.47. The molecule has 5 N–H and O–H groups in total. The van der Waals surface area contributed by atoms with Gasteiger partial charge < -0.3 is 25.5 Å². The average Bonchev–Trinajstić information content (AvgIpc) is 2.39. The highest BCUT2D eigenvalue weighted by molar-refractivity contribution is 7.84. The monoisotopic (exact) mass is 314 g/mol. The maximum absolute atomic E-state index is 10.8. The van der Waals surface area contributed by atoms with Crippen molar-refractivity contribution in [1.82, 2.24) is 0 Å². The van der Waals surface area contributed by atoms with Crippen LogP contribution < -0.4 is 0 Å². The van der Waals surface area contributed by atoms with E-state index in [-0.39, 0.29) is 4.86 Å². The minimum Gasteiger partial charge on any atom is -0.394 e. The highest BCUT2D eigenvalue weighted by Gasteiger charge is 2.31. The van der Waals surface area contributed by atoms with Gasteiger partial charge in [-0.25, -0.2) is 0 Å². The first kappa shape index (κ1) is 19.0. The maximum atomic E-state index is 10.8. The molecule has 0 aromatic rings. The molecule has 0 bridgehead atoms. The summed E-state index contributed by atoms with van der Waals surface area (Å²) in [5.41, 5.74) is 0. The molecule has 0 aliphatic heterocycles. The maximum Gasteiger partial charge on any atom is 0.114 e. The van der Waals surface area contributed by atoms with E-state index in [4.69, 9.17) is 22.4 Å². The van der Waals surface area contributed by atoms with Gasteiger partial charge in [0.1, 0.15) is 24.4 Å². The van der Waals surface area contributed by atoms with Crippen LogP contribution in [0.5, 0.6) is 0 Å². The third kappa shape index (κ3) is 7.40. The Morgan fingerprint density at radius 2 is 1.74 bits per heavy atom. The van der Waals surface area contributed by atoms with Crippen LogP contribution in [0, 0.1) is 0 Å². The van der Waals surface area contributed by atoms with Gasteiger partial charge in [0.15, 0.2) is 0 Å². The summed E-state index contributed by atoms with van der Waals surface area (Å²) in [5.74, 6) is 0.549. The van der Waals surface area contributed by atoms with Crippen LogP contribution in [0.1, 0.15) is 19.3 Å². The molecule has 0 aromatic heterocycles. The van der Waals surface area contributed by atoms with Gasteiger partial charge in [-0.05, 0) is 19.3 Å². The summed E-state index contributed by atoms with van der Waals surface area (Å²) >= 11 is 4.93. The van der Waals surface area contributed by atoms with Crippen LogP contribution in [0.3, 0.4) is 0 Å². The summed E-state index contributed by atoms with van der Waals surface area (Å²) in [5, 5.41) is 46.5. The Kier molecular flexibility index (Phi) is 9.89. The van der Waals surface area contributed by atoms with E-state index in [1.165, 1.54) is 0 Å². The standard InChI is InChI=1S/C11H22O6S2/c1-19(17)5-3-2-4-8(18)10(15)11(16)9(14)7(13)6-12/h7,9-16H,2-6H2,1H3/t7-,9-,10+,11+,19?/m1/s1. The molecule has 1 unspecified atom stereocenters. The van der Waals surface area contributed by atoms with Gasteiger partial charge in [-0.1, -0.05) is 12.2 Å². The molecular weight excluding hydrogens is 292 g/mol. The van der Waals surface area contributed by atoms with Crippen molar-refractivity contribution < 1.29 is 29.7 Å². The lowest BCUT2D eigenvalue weighted by molar-refractivity contribution is -0.101.